The molecule has 174 valence electrons. The molecule has 0 atom stereocenters. The minimum atomic E-state index is 0.541. The Morgan fingerprint density at radius 2 is 1.81 bits per heavy atom. The lowest BCUT2D eigenvalue weighted by Crippen LogP contribution is -2.36. The zero-order valence-electron chi connectivity index (χ0n) is 20.0. The second-order valence-corrected chi connectivity index (χ2v) is 6.39. The first-order valence-corrected chi connectivity index (χ1v) is 11.3. The zero-order chi connectivity index (χ0) is 23.1. The van der Waals surface area contributed by atoms with Crippen molar-refractivity contribution >= 4 is 11.5 Å². The Hall–Kier alpha value is -2.51. The van der Waals surface area contributed by atoms with Crippen LogP contribution >= 0.6 is 0 Å². The molecular formula is C24H40N4O3. The van der Waals surface area contributed by atoms with Gasteiger partial charge in [0.2, 0.25) is 5.88 Å². The minimum absolute atomic E-state index is 0.541. The number of morpholine rings is 1. The van der Waals surface area contributed by atoms with Crippen LogP contribution in [0.25, 0.3) is 0 Å². The predicted octanol–water partition coefficient (Wildman–Crippen LogP) is 4.45. The van der Waals surface area contributed by atoms with Crippen molar-refractivity contribution in [3.8, 4) is 11.6 Å². The summed E-state index contributed by atoms with van der Waals surface area (Å²) in [5.74, 6) is 7.95. The first kappa shape index (κ1) is 26.5. The second kappa shape index (κ2) is 15.3. The van der Waals surface area contributed by atoms with Crippen LogP contribution in [-0.4, -0.2) is 45.0 Å². The lowest BCUT2D eigenvalue weighted by atomic mass is 10.1. The van der Waals surface area contributed by atoms with Gasteiger partial charge in [-0.2, -0.15) is 4.98 Å². The Bertz CT molecular complexity index is 750. The fourth-order valence-corrected chi connectivity index (χ4v) is 3.14. The van der Waals surface area contributed by atoms with Crippen LogP contribution in [0.15, 0.2) is 30.3 Å². The van der Waals surface area contributed by atoms with Gasteiger partial charge in [-0.3, -0.25) is 5.84 Å². The Labute approximate surface area is 187 Å². The van der Waals surface area contributed by atoms with Crippen LogP contribution in [0.1, 0.15) is 45.7 Å². The summed E-state index contributed by atoms with van der Waals surface area (Å²) in [6.45, 7) is 13.7. The van der Waals surface area contributed by atoms with Crippen molar-refractivity contribution in [2.24, 2.45) is 5.84 Å². The fraction of sp³-hybridized carbons (Fsp3) is 0.542. The van der Waals surface area contributed by atoms with Crippen LogP contribution in [0.3, 0.4) is 0 Å². The number of nitrogens with two attached hydrogens (primary N) is 1. The standard InChI is InChI=1S/C20H28N4O3.2C2H6/c1-3-16-12-15(4-5-18(16)25-2)6-9-27-20-14-17(23-21)13-19(22-20)24-7-10-26-11-8-24;2*1-2/h4-5,12-14H,3,6-11,21H2,1-2H3,(H,22,23);2*1-2H3. The lowest BCUT2D eigenvalue weighted by Gasteiger charge is -2.28. The third-order valence-electron chi connectivity index (χ3n) is 4.66. The molecule has 31 heavy (non-hydrogen) atoms. The van der Waals surface area contributed by atoms with Crippen LogP contribution in [0.4, 0.5) is 11.5 Å². The maximum Gasteiger partial charge on any atom is 0.217 e. The van der Waals surface area contributed by atoms with Crippen molar-refractivity contribution in [3.05, 3.63) is 41.5 Å². The van der Waals surface area contributed by atoms with E-state index >= 15 is 0 Å². The van der Waals surface area contributed by atoms with Gasteiger partial charge < -0.3 is 24.5 Å². The molecule has 1 aromatic carbocycles. The third-order valence-corrected chi connectivity index (χ3v) is 4.66. The average Bonchev–Trinajstić information content (AvgIpc) is 2.86. The molecule has 0 amide bonds. The summed E-state index contributed by atoms with van der Waals surface area (Å²) in [5.41, 5.74) is 5.89. The Morgan fingerprint density at radius 3 is 2.42 bits per heavy atom. The molecular weight excluding hydrogens is 392 g/mol. The van der Waals surface area contributed by atoms with Gasteiger partial charge in [0.05, 0.1) is 32.6 Å². The molecule has 1 aliphatic rings. The smallest absolute Gasteiger partial charge is 0.217 e. The Kier molecular flexibility index (Phi) is 13.1. The summed E-state index contributed by atoms with van der Waals surface area (Å²) in [6, 6.07) is 10.0. The van der Waals surface area contributed by atoms with Crippen molar-refractivity contribution in [1.82, 2.24) is 4.98 Å². The maximum atomic E-state index is 5.92. The highest BCUT2D eigenvalue weighted by Crippen LogP contribution is 2.24. The molecule has 0 saturated carbocycles. The van der Waals surface area contributed by atoms with Crippen LogP contribution in [-0.2, 0) is 17.6 Å². The zero-order valence-corrected chi connectivity index (χ0v) is 20.0. The summed E-state index contributed by atoms with van der Waals surface area (Å²) in [4.78, 5) is 6.80. The SMILES string of the molecule is CC.CC.CCc1cc(CCOc2cc(NN)cc(N3CCOCC3)n2)ccc1OC. The minimum Gasteiger partial charge on any atom is -0.496 e. The molecule has 0 bridgehead atoms. The summed E-state index contributed by atoms with van der Waals surface area (Å²) in [7, 11) is 1.70. The van der Waals surface area contributed by atoms with Crippen molar-refractivity contribution in [2.75, 3.05) is 50.3 Å². The van der Waals surface area contributed by atoms with Gasteiger partial charge in [-0.1, -0.05) is 46.8 Å². The number of nitrogens with zero attached hydrogens (tertiary/aromatic N) is 2. The van der Waals surface area contributed by atoms with E-state index in [0.29, 0.717) is 25.7 Å². The molecule has 3 N–H and O–H groups in total. The summed E-state index contributed by atoms with van der Waals surface area (Å²) >= 11 is 0. The van der Waals surface area contributed by atoms with Gasteiger partial charge in [0.1, 0.15) is 11.6 Å². The van der Waals surface area contributed by atoms with Gasteiger partial charge in [-0.15, -0.1) is 0 Å². The highest BCUT2D eigenvalue weighted by atomic mass is 16.5. The van der Waals surface area contributed by atoms with Crippen LogP contribution in [0, 0.1) is 0 Å². The molecule has 7 heteroatoms. The number of nitrogens with one attached hydrogen (secondary N) is 1. The number of hydrogen-bond acceptors (Lipinski definition) is 7. The molecule has 1 aliphatic heterocycles. The highest BCUT2D eigenvalue weighted by molar-refractivity contribution is 5.56. The van der Waals surface area contributed by atoms with E-state index in [1.807, 2.05) is 45.9 Å². The first-order valence-electron chi connectivity index (χ1n) is 11.3. The number of methoxy groups -OCH3 is 1. The Balaban J connectivity index is 0.00000113. The molecule has 0 radical (unpaired) electrons. The van der Waals surface area contributed by atoms with Crippen molar-refractivity contribution in [1.29, 1.82) is 0 Å². The van der Waals surface area contributed by atoms with Crippen LogP contribution < -0.4 is 25.6 Å². The summed E-state index contributed by atoms with van der Waals surface area (Å²) in [5, 5.41) is 0. The van der Waals surface area contributed by atoms with E-state index in [1.165, 1.54) is 11.1 Å². The number of anilines is 2. The number of hydrazine groups is 1. The number of rotatable bonds is 8. The van der Waals surface area contributed by atoms with Crippen molar-refractivity contribution in [3.63, 3.8) is 0 Å². The quantitative estimate of drug-likeness (QED) is 0.471. The van der Waals surface area contributed by atoms with Gasteiger partial charge in [-0.05, 0) is 23.6 Å². The first-order chi connectivity index (χ1) is 15.2. The molecule has 2 heterocycles. The Morgan fingerprint density at radius 1 is 1.10 bits per heavy atom. The fourth-order valence-electron chi connectivity index (χ4n) is 3.14. The van der Waals surface area contributed by atoms with E-state index in [4.69, 9.17) is 20.1 Å². The van der Waals surface area contributed by atoms with E-state index in [9.17, 15) is 0 Å². The number of ether oxygens (including phenoxy) is 3. The van der Waals surface area contributed by atoms with Crippen molar-refractivity contribution < 1.29 is 14.2 Å². The largest absolute Gasteiger partial charge is 0.496 e. The third kappa shape index (κ3) is 8.26. The maximum absolute atomic E-state index is 5.92. The molecule has 0 aliphatic carbocycles. The number of hydrogen-bond donors (Lipinski definition) is 2. The number of pyridine rings is 1. The van der Waals surface area contributed by atoms with Crippen LogP contribution in [0.5, 0.6) is 11.6 Å². The van der Waals surface area contributed by atoms with Gasteiger partial charge in [0.25, 0.3) is 0 Å². The van der Waals surface area contributed by atoms with E-state index < -0.39 is 0 Å². The number of aromatic nitrogens is 1. The summed E-state index contributed by atoms with van der Waals surface area (Å²) in [6.07, 6.45) is 1.73. The highest BCUT2D eigenvalue weighted by Gasteiger charge is 2.14. The second-order valence-electron chi connectivity index (χ2n) is 6.39. The molecule has 2 aromatic rings. The van der Waals surface area contributed by atoms with E-state index in [-0.39, 0.29) is 0 Å². The molecule has 1 aromatic heterocycles. The van der Waals surface area contributed by atoms with Gasteiger partial charge in [0.15, 0.2) is 0 Å². The molecule has 1 fully saturated rings. The molecule has 7 nitrogen and oxygen atoms in total. The van der Waals surface area contributed by atoms with Crippen LogP contribution in [0.2, 0.25) is 0 Å². The molecule has 3 rings (SSSR count). The topological polar surface area (TPSA) is 81.9 Å². The average molecular weight is 433 g/mol. The predicted molar refractivity (Wildman–Crippen MR) is 129 cm³/mol. The van der Waals surface area contributed by atoms with Crippen molar-refractivity contribution in [2.45, 2.75) is 47.5 Å². The van der Waals surface area contributed by atoms with E-state index in [1.54, 1.807) is 7.11 Å². The van der Waals surface area contributed by atoms with Gasteiger partial charge in [-0.25, -0.2) is 0 Å². The normalized spacial score (nSPS) is 12.7. The number of aryl methyl sites for hydroxylation is 1. The van der Waals surface area contributed by atoms with E-state index in [2.05, 4.69) is 34.4 Å². The number of benzene rings is 1. The monoisotopic (exact) mass is 432 g/mol. The lowest BCUT2D eigenvalue weighted by molar-refractivity contribution is 0.122. The van der Waals surface area contributed by atoms with E-state index in [0.717, 1.165) is 43.2 Å². The molecule has 0 spiro atoms. The van der Waals surface area contributed by atoms with Gasteiger partial charge >= 0.3 is 0 Å². The molecule has 0 unspecified atom stereocenters. The summed E-state index contributed by atoms with van der Waals surface area (Å²) < 4.78 is 16.7. The van der Waals surface area contributed by atoms with Gasteiger partial charge in [0, 0.05) is 31.6 Å². The number of nitrogen functional groups attached to an aromatic ring is 1. The molecule has 1 saturated heterocycles.